The average Bonchev–Trinajstić information content (AvgIpc) is 3.10. The van der Waals surface area contributed by atoms with Gasteiger partial charge < -0.3 is 5.32 Å². The zero-order valence-electron chi connectivity index (χ0n) is 11.9. The van der Waals surface area contributed by atoms with E-state index in [-0.39, 0.29) is 5.91 Å². The Bertz CT molecular complexity index is 870. The molecule has 1 N–H and O–H groups in total. The van der Waals surface area contributed by atoms with Gasteiger partial charge in [0.1, 0.15) is 0 Å². The number of halogens is 4. The monoisotopic (exact) mass is 507 g/mol. The van der Waals surface area contributed by atoms with Crippen molar-refractivity contribution in [2.75, 3.05) is 5.32 Å². The quantitative estimate of drug-likeness (QED) is 0.463. The Labute approximate surface area is 169 Å². The first-order chi connectivity index (χ1) is 11.4. The third-order valence-electron chi connectivity index (χ3n) is 3.14. The maximum Gasteiger partial charge on any atom is 0.265 e. The van der Waals surface area contributed by atoms with Gasteiger partial charge >= 0.3 is 0 Å². The molecule has 0 bridgehead atoms. The van der Waals surface area contributed by atoms with Crippen LogP contribution in [0.25, 0.3) is 0 Å². The first kappa shape index (κ1) is 17.9. The van der Waals surface area contributed by atoms with Crippen LogP contribution in [0, 0.1) is 0 Å². The number of benzene rings is 1. The first-order valence-electron chi connectivity index (χ1n) is 6.65. The molecule has 0 aliphatic rings. The number of carbonyl (C=O) groups excluding carboxylic acids is 1. The number of carbonyl (C=O) groups is 1. The van der Waals surface area contributed by atoms with E-state index < -0.39 is 0 Å². The number of nitrogens with one attached hydrogen (secondary N) is 1. The molecule has 9 heteroatoms. The molecule has 24 heavy (non-hydrogen) atoms. The summed E-state index contributed by atoms with van der Waals surface area (Å²) in [5, 5.41) is 8.21. The van der Waals surface area contributed by atoms with Crippen LogP contribution in [0.3, 0.4) is 0 Å². The molecule has 0 spiro atoms. The fourth-order valence-corrected chi connectivity index (χ4v) is 4.46. The van der Waals surface area contributed by atoms with Gasteiger partial charge in [0.2, 0.25) is 0 Å². The van der Waals surface area contributed by atoms with Gasteiger partial charge in [-0.05, 0) is 50.1 Å². The lowest BCUT2D eigenvalue weighted by Gasteiger charge is -2.06. The van der Waals surface area contributed by atoms with Crippen molar-refractivity contribution in [3.8, 4) is 0 Å². The van der Waals surface area contributed by atoms with Gasteiger partial charge in [-0.2, -0.15) is 5.10 Å². The topological polar surface area (TPSA) is 46.9 Å². The largest absolute Gasteiger partial charge is 0.319 e. The highest BCUT2D eigenvalue weighted by Gasteiger charge is 2.13. The zero-order valence-corrected chi connectivity index (χ0v) is 17.4. The molecule has 0 saturated carbocycles. The molecule has 0 atom stereocenters. The third-order valence-corrected chi connectivity index (χ3v) is 7.11. The Kier molecular flexibility index (Phi) is 5.66. The maximum absolute atomic E-state index is 12.2. The van der Waals surface area contributed by atoms with Crippen LogP contribution in [0.5, 0.6) is 0 Å². The fraction of sp³-hybridized carbons (Fsp3) is 0.0667. The summed E-state index contributed by atoms with van der Waals surface area (Å²) in [6, 6.07) is 7.11. The summed E-state index contributed by atoms with van der Waals surface area (Å²) in [7, 11) is 0. The molecule has 124 valence electrons. The van der Waals surface area contributed by atoms with E-state index in [9.17, 15) is 4.79 Å². The van der Waals surface area contributed by atoms with Gasteiger partial charge in [-0.15, -0.1) is 11.3 Å². The zero-order chi connectivity index (χ0) is 17.3. The highest BCUT2D eigenvalue weighted by molar-refractivity contribution is 9.13. The minimum Gasteiger partial charge on any atom is -0.319 e. The van der Waals surface area contributed by atoms with Gasteiger partial charge in [-0.25, -0.2) is 0 Å². The van der Waals surface area contributed by atoms with Crippen molar-refractivity contribution in [3.63, 3.8) is 0 Å². The highest BCUT2D eigenvalue weighted by Crippen LogP contribution is 2.32. The van der Waals surface area contributed by atoms with E-state index in [1.54, 1.807) is 41.3 Å². The first-order valence-corrected chi connectivity index (χ1v) is 9.81. The molecule has 0 saturated heterocycles. The number of hydrogen-bond donors (Lipinski definition) is 1. The summed E-state index contributed by atoms with van der Waals surface area (Å²) >= 11 is 20.4. The predicted molar refractivity (Wildman–Crippen MR) is 105 cm³/mol. The summed E-state index contributed by atoms with van der Waals surface area (Å²) in [6.07, 6.45) is 3.32. The molecule has 2 aromatic heterocycles. The second-order valence-electron chi connectivity index (χ2n) is 4.81. The second-order valence-corrected chi connectivity index (χ2v) is 8.85. The smallest absolute Gasteiger partial charge is 0.265 e. The van der Waals surface area contributed by atoms with E-state index in [2.05, 4.69) is 42.3 Å². The number of rotatable bonds is 4. The molecular formula is C15H9Br2Cl2N3OS. The lowest BCUT2D eigenvalue weighted by atomic mass is 10.2. The second kappa shape index (κ2) is 7.58. The van der Waals surface area contributed by atoms with Crippen molar-refractivity contribution in [2.45, 2.75) is 6.54 Å². The molecule has 3 rings (SSSR count). The third kappa shape index (κ3) is 4.03. The molecule has 0 radical (unpaired) electrons. The number of hydrogen-bond acceptors (Lipinski definition) is 3. The lowest BCUT2D eigenvalue weighted by molar-refractivity contribution is 0.103. The minimum atomic E-state index is -0.193. The van der Waals surface area contributed by atoms with Gasteiger partial charge in [-0.1, -0.05) is 29.3 Å². The van der Waals surface area contributed by atoms with Crippen molar-refractivity contribution in [1.82, 2.24) is 9.78 Å². The molecule has 4 nitrogen and oxygen atoms in total. The van der Waals surface area contributed by atoms with Crippen molar-refractivity contribution >= 4 is 78.0 Å². The van der Waals surface area contributed by atoms with Crippen LogP contribution in [0.2, 0.25) is 10.0 Å². The number of amides is 1. The van der Waals surface area contributed by atoms with E-state index in [4.69, 9.17) is 23.2 Å². The molecular weight excluding hydrogens is 501 g/mol. The van der Waals surface area contributed by atoms with Crippen LogP contribution in [0.15, 0.2) is 44.9 Å². The summed E-state index contributed by atoms with van der Waals surface area (Å²) in [5.41, 5.74) is 1.39. The lowest BCUT2D eigenvalue weighted by Crippen LogP contribution is -2.09. The van der Waals surface area contributed by atoms with Crippen molar-refractivity contribution < 1.29 is 4.79 Å². The summed E-state index contributed by atoms with van der Waals surface area (Å²) in [5.74, 6) is -0.193. The summed E-state index contributed by atoms with van der Waals surface area (Å²) < 4.78 is 3.39. The van der Waals surface area contributed by atoms with Crippen LogP contribution in [0.1, 0.15) is 15.2 Å². The van der Waals surface area contributed by atoms with E-state index in [0.29, 0.717) is 27.2 Å². The molecule has 0 aliphatic carbocycles. The fourth-order valence-electron chi connectivity index (χ4n) is 2.01. The van der Waals surface area contributed by atoms with Crippen molar-refractivity contribution in [1.29, 1.82) is 0 Å². The van der Waals surface area contributed by atoms with Crippen molar-refractivity contribution in [2.24, 2.45) is 0 Å². The van der Waals surface area contributed by atoms with Crippen molar-refractivity contribution in [3.05, 3.63) is 65.4 Å². The van der Waals surface area contributed by atoms with Gasteiger partial charge in [0, 0.05) is 26.3 Å². The van der Waals surface area contributed by atoms with E-state index in [0.717, 1.165) is 13.8 Å². The van der Waals surface area contributed by atoms with E-state index in [1.807, 2.05) is 0 Å². The van der Waals surface area contributed by atoms with Gasteiger partial charge in [0.05, 0.1) is 27.1 Å². The molecule has 0 fully saturated rings. The number of nitrogens with zero attached hydrogens (tertiary/aromatic N) is 2. The molecule has 1 amide bonds. The Balaban J connectivity index is 1.73. The molecule has 0 aliphatic heterocycles. The predicted octanol–water partition coefficient (Wildman–Crippen LogP) is 6.08. The molecule has 0 unspecified atom stereocenters. The highest BCUT2D eigenvalue weighted by atomic mass is 79.9. The van der Waals surface area contributed by atoms with Crippen LogP contribution in [-0.2, 0) is 6.54 Å². The Morgan fingerprint density at radius 1 is 1.29 bits per heavy atom. The standard InChI is InChI=1S/C15H9Br2Cl2N3OS/c16-10-4-13(24-14(10)17)15(23)21-8-5-20-22(6-8)7-9-11(18)2-1-3-12(9)19/h1-6H,7H2,(H,21,23). The van der Waals surface area contributed by atoms with Crippen LogP contribution >= 0.6 is 66.4 Å². The molecule has 2 heterocycles. The SMILES string of the molecule is O=C(Nc1cnn(Cc2c(Cl)cccc2Cl)c1)c1cc(Br)c(Br)s1. The Morgan fingerprint density at radius 3 is 2.62 bits per heavy atom. The van der Waals surface area contributed by atoms with Crippen LogP contribution in [-0.4, -0.2) is 15.7 Å². The number of thiophene rings is 1. The number of anilines is 1. The van der Waals surface area contributed by atoms with Gasteiger partial charge in [0.15, 0.2) is 0 Å². The Hall–Kier alpha value is -0.860. The van der Waals surface area contributed by atoms with Crippen LogP contribution < -0.4 is 5.32 Å². The molecule has 3 aromatic rings. The summed E-state index contributed by atoms with van der Waals surface area (Å²) in [6.45, 7) is 0.421. The van der Waals surface area contributed by atoms with Gasteiger partial charge in [0.25, 0.3) is 5.91 Å². The number of aromatic nitrogens is 2. The van der Waals surface area contributed by atoms with Gasteiger partial charge in [-0.3, -0.25) is 9.48 Å². The molecule has 1 aromatic carbocycles. The Morgan fingerprint density at radius 2 is 2.00 bits per heavy atom. The normalized spacial score (nSPS) is 10.8. The maximum atomic E-state index is 12.2. The van der Waals surface area contributed by atoms with E-state index >= 15 is 0 Å². The summed E-state index contributed by atoms with van der Waals surface area (Å²) in [4.78, 5) is 12.8. The average molecular weight is 510 g/mol. The minimum absolute atomic E-state index is 0.193. The van der Waals surface area contributed by atoms with Crippen LogP contribution in [0.4, 0.5) is 5.69 Å². The van der Waals surface area contributed by atoms with E-state index in [1.165, 1.54) is 11.3 Å².